The first-order chi connectivity index (χ1) is 36.3. The number of hydrogen-bond donors (Lipinski definition) is 5. The molecule has 24 heteroatoms. The first-order valence-corrected chi connectivity index (χ1v) is 26.0. The summed E-state index contributed by atoms with van der Waals surface area (Å²) in [4.78, 5) is 51.5. The average molecular weight is 1070 g/mol. The van der Waals surface area contributed by atoms with E-state index in [1.165, 1.54) is 0 Å². The van der Waals surface area contributed by atoms with Crippen LogP contribution in [0.15, 0.2) is 60.9 Å². The summed E-state index contributed by atoms with van der Waals surface area (Å²) in [7, 11) is 0. The second-order valence-electron chi connectivity index (χ2n) is 19.1. The highest BCUT2D eigenvalue weighted by molar-refractivity contribution is 5.81. The van der Waals surface area contributed by atoms with Crippen LogP contribution >= 0.6 is 0 Å². The third-order valence-corrected chi connectivity index (χ3v) is 13.9. The summed E-state index contributed by atoms with van der Waals surface area (Å²) in [5.41, 5.74) is 16.1. The number of anilines is 3. The molecule has 5 heterocycles. The second-order valence-corrected chi connectivity index (χ2v) is 19.1. The van der Waals surface area contributed by atoms with Gasteiger partial charge in [-0.05, 0) is 53.6 Å². The maximum atomic E-state index is 14.5. The lowest BCUT2D eigenvalue weighted by Gasteiger charge is -2.38. The third kappa shape index (κ3) is 15.9. The first kappa shape index (κ1) is 58.6. The number of rotatable bonds is 27. The monoisotopic (exact) mass is 1070 g/mol. The summed E-state index contributed by atoms with van der Waals surface area (Å²) in [6.45, 7) is 14.3. The van der Waals surface area contributed by atoms with E-state index in [9.17, 15) is 19.8 Å². The number of hydrogen-bond acceptors (Lipinski definition) is 19. The molecule has 76 heavy (non-hydrogen) atoms. The minimum absolute atomic E-state index is 0. The highest BCUT2D eigenvalue weighted by atomic mass is 35.5. The molecule has 5 aromatic rings. The number of phenols is 2. The molecule has 2 aliphatic heterocycles. The number of terminal acetylenes is 1. The molecule has 2 fully saturated rings. The lowest BCUT2D eigenvalue weighted by Crippen LogP contribution is -3.00. The summed E-state index contributed by atoms with van der Waals surface area (Å²) >= 11 is 0. The molecule has 0 aliphatic carbocycles. The van der Waals surface area contributed by atoms with Crippen LogP contribution in [0, 0.1) is 24.2 Å². The molecule has 1 unspecified atom stereocenters. The van der Waals surface area contributed by atoms with E-state index in [1.807, 2.05) is 28.9 Å². The fourth-order valence-electron chi connectivity index (χ4n) is 8.89. The quantitative estimate of drug-likeness (QED) is 0.0340. The highest BCUT2D eigenvalue weighted by Crippen LogP contribution is 2.28. The molecule has 2 aliphatic rings. The molecule has 23 nitrogen and oxygen atoms in total. The fourth-order valence-corrected chi connectivity index (χ4v) is 8.89. The van der Waals surface area contributed by atoms with Crippen molar-refractivity contribution in [2.45, 2.75) is 77.5 Å². The molecule has 2 saturated heterocycles. The number of carbonyl (C=O) groups excluding carboxylic acids is 2. The summed E-state index contributed by atoms with van der Waals surface area (Å²) in [5, 5.41) is 40.6. The summed E-state index contributed by atoms with van der Waals surface area (Å²) in [5.74, 6) is 4.01. The Bertz CT molecular complexity index is 2600. The van der Waals surface area contributed by atoms with Crippen molar-refractivity contribution in [3.63, 3.8) is 0 Å². The van der Waals surface area contributed by atoms with Crippen LogP contribution in [-0.2, 0) is 36.6 Å². The van der Waals surface area contributed by atoms with Crippen molar-refractivity contribution in [1.29, 1.82) is 0 Å². The molecule has 0 bridgehead atoms. The van der Waals surface area contributed by atoms with E-state index in [0.717, 1.165) is 24.0 Å². The number of amides is 2. The molecule has 7 rings (SSSR count). The number of piperazine rings is 2. The number of nitrogens with one attached hydrogen (secondary N) is 1. The standard InChI is InChI=1S/C52H74N16O7.ClH/c1-6-26-73-28-30-75-31-29-74-27-17-55-50-56-51(65-22-18-63(19-23-65)48(71)45(33-39-11-15-41(70)16-12-39)67-35-44(60-61-67)46(54)36(4)7-2)58-52(57-50)66-24-20-64(21-25-66)49(72)47(37(5)8-3)68-34-43(59-62-68)42(53)32-38-9-13-40(69)14-10-38;/h1,9-16,34-37,42,45-47,69-70H,7-8,17-33,53-54H2,2-5H3,(H,55,56,57,58);1H/p-1/t36?,37-,42-,45-,46-,47-;/m0./s1. The maximum Gasteiger partial charge on any atom is 0.247 e. The Morgan fingerprint density at radius 1 is 0.671 bits per heavy atom. The number of aromatic hydroxyl groups is 2. The van der Waals surface area contributed by atoms with Crippen LogP contribution in [0.3, 0.4) is 0 Å². The largest absolute Gasteiger partial charge is 1.00 e. The molecule has 0 spiro atoms. The Balaban J connectivity index is 0.00000937. The van der Waals surface area contributed by atoms with Gasteiger partial charge in [-0.15, -0.1) is 16.6 Å². The van der Waals surface area contributed by atoms with Gasteiger partial charge in [0.1, 0.15) is 30.2 Å². The van der Waals surface area contributed by atoms with Crippen molar-refractivity contribution in [3.05, 3.63) is 83.4 Å². The van der Waals surface area contributed by atoms with Gasteiger partial charge >= 0.3 is 0 Å². The molecule has 2 aromatic carbocycles. The van der Waals surface area contributed by atoms with Gasteiger partial charge in [-0.1, -0.05) is 81.1 Å². The van der Waals surface area contributed by atoms with Crippen molar-refractivity contribution >= 4 is 29.7 Å². The van der Waals surface area contributed by atoms with E-state index in [2.05, 4.69) is 62.4 Å². The van der Waals surface area contributed by atoms with Gasteiger partial charge in [0, 0.05) is 65.3 Å². The zero-order chi connectivity index (χ0) is 53.3. The number of aromatic nitrogens is 9. The van der Waals surface area contributed by atoms with Crippen LogP contribution in [0.1, 0.15) is 87.2 Å². The predicted octanol–water partition coefficient (Wildman–Crippen LogP) is -0.0783. The van der Waals surface area contributed by atoms with Crippen molar-refractivity contribution in [2.24, 2.45) is 23.3 Å². The number of nitrogens with zero attached hydrogens (tertiary/aromatic N) is 13. The third-order valence-electron chi connectivity index (χ3n) is 13.9. The molecule has 7 N–H and O–H groups in total. The Morgan fingerprint density at radius 2 is 1.17 bits per heavy atom. The molecule has 6 atom stereocenters. The highest BCUT2D eigenvalue weighted by Gasteiger charge is 2.35. The molecule has 412 valence electrons. The van der Waals surface area contributed by atoms with Crippen molar-refractivity contribution in [1.82, 2.24) is 54.7 Å². The molecular weight excluding hydrogens is 996 g/mol. The lowest BCUT2D eigenvalue weighted by atomic mass is 9.97. The van der Waals surface area contributed by atoms with E-state index in [-0.39, 0.29) is 60.2 Å². The van der Waals surface area contributed by atoms with E-state index >= 15 is 0 Å². The van der Waals surface area contributed by atoms with Gasteiger partial charge < -0.3 is 73.2 Å². The van der Waals surface area contributed by atoms with Crippen LogP contribution < -0.4 is 39.0 Å². The maximum absolute atomic E-state index is 14.5. The summed E-state index contributed by atoms with van der Waals surface area (Å²) in [6, 6.07) is 11.7. The molecule has 3 aromatic heterocycles. The van der Waals surface area contributed by atoms with Crippen molar-refractivity contribution in [2.75, 3.05) is 114 Å². The normalized spacial score (nSPS) is 16.3. The predicted molar refractivity (Wildman–Crippen MR) is 282 cm³/mol. The molecule has 0 radical (unpaired) electrons. The van der Waals surface area contributed by atoms with E-state index in [4.69, 9.17) is 47.1 Å². The zero-order valence-corrected chi connectivity index (χ0v) is 44.8. The number of benzene rings is 2. The molecule has 0 saturated carbocycles. The summed E-state index contributed by atoms with van der Waals surface area (Å²) in [6.07, 6.45) is 11.2. The van der Waals surface area contributed by atoms with E-state index in [1.54, 1.807) is 58.2 Å². The topological polar surface area (TPSA) is 279 Å². The van der Waals surface area contributed by atoms with Crippen LogP contribution in [0.5, 0.6) is 11.5 Å². The Kier molecular flexibility index (Phi) is 22.4. The van der Waals surface area contributed by atoms with Crippen LogP contribution in [0.25, 0.3) is 0 Å². The number of ether oxygens (including phenoxy) is 3. The minimum atomic E-state index is -0.701. The molecular formula is C52H74ClN16O7-. The molecule has 2 amide bonds. The zero-order valence-electron chi connectivity index (χ0n) is 44.0. The van der Waals surface area contributed by atoms with Gasteiger partial charge in [-0.2, -0.15) is 15.0 Å². The van der Waals surface area contributed by atoms with Gasteiger partial charge in [0.25, 0.3) is 0 Å². The Labute approximate surface area is 451 Å². The van der Waals surface area contributed by atoms with Crippen LogP contribution in [0.4, 0.5) is 17.8 Å². The van der Waals surface area contributed by atoms with E-state index in [0.29, 0.717) is 134 Å². The minimum Gasteiger partial charge on any atom is -1.00 e. The van der Waals surface area contributed by atoms with Gasteiger partial charge in [0.15, 0.2) is 0 Å². The first-order valence-electron chi connectivity index (χ1n) is 26.0. The number of carbonyl (C=O) groups is 2. The fraction of sp³-hybridized carbons (Fsp3) is 0.558. The van der Waals surface area contributed by atoms with Gasteiger partial charge in [-0.25, -0.2) is 9.36 Å². The second kappa shape index (κ2) is 29.0. The Morgan fingerprint density at radius 3 is 1.74 bits per heavy atom. The van der Waals surface area contributed by atoms with E-state index < -0.39 is 18.1 Å². The van der Waals surface area contributed by atoms with Gasteiger partial charge in [0.2, 0.25) is 29.7 Å². The number of nitrogens with two attached hydrogens (primary N) is 2. The van der Waals surface area contributed by atoms with Gasteiger partial charge in [0.05, 0.1) is 68.9 Å². The lowest BCUT2D eigenvalue weighted by molar-refractivity contribution is -0.137. The number of halogens is 1. The van der Waals surface area contributed by atoms with Gasteiger partial charge in [-0.3, -0.25) is 9.59 Å². The number of phenolic OH excluding ortho intramolecular Hbond substituents is 2. The van der Waals surface area contributed by atoms with Crippen molar-refractivity contribution in [3.8, 4) is 23.8 Å². The van der Waals surface area contributed by atoms with Crippen LogP contribution in [-0.4, -0.2) is 175 Å². The SMILES string of the molecule is C#CCOCCOCCOCCNc1nc(N2CCN(C(=O)[C@H]([C@@H](C)CC)n3cc([C@@H](N)Cc4ccc(O)cc4)nn3)CC2)nc(N2CCN(C(=O)[C@H](Cc3ccc(O)cc3)n3cc([C@@H](N)C(C)CC)nn3)CC2)n1.[Cl-]. The summed E-state index contributed by atoms with van der Waals surface area (Å²) < 4.78 is 19.9. The average Bonchev–Trinajstić information content (AvgIpc) is 4.14. The Hall–Kier alpha value is -6.68. The smallest absolute Gasteiger partial charge is 0.247 e. The van der Waals surface area contributed by atoms with Crippen molar-refractivity contribution < 1.29 is 46.4 Å². The van der Waals surface area contributed by atoms with Crippen LogP contribution in [0.2, 0.25) is 0 Å².